The van der Waals surface area contributed by atoms with Crippen LogP contribution in [0.5, 0.6) is 5.75 Å². The van der Waals surface area contributed by atoms with E-state index in [1.165, 1.54) is 6.07 Å². The van der Waals surface area contributed by atoms with Crippen LogP contribution in [0.1, 0.15) is 34.7 Å². The number of nitrogens with zero attached hydrogens (tertiary/aromatic N) is 2. The first-order chi connectivity index (χ1) is 14.6. The van der Waals surface area contributed by atoms with Crippen LogP contribution in [-0.2, 0) is 6.54 Å². The van der Waals surface area contributed by atoms with E-state index in [2.05, 4.69) is 5.32 Å². The van der Waals surface area contributed by atoms with Gasteiger partial charge in [0.25, 0.3) is 5.91 Å². The van der Waals surface area contributed by atoms with Crippen molar-refractivity contribution in [2.45, 2.75) is 19.5 Å². The minimum absolute atomic E-state index is 0.213. The number of halogens is 1. The monoisotopic (exact) mass is 403 g/mol. The van der Waals surface area contributed by atoms with E-state index in [0.29, 0.717) is 29.2 Å². The summed E-state index contributed by atoms with van der Waals surface area (Å²) in [6, 6.07) is 20.9. The second-order valence-corrected chi connectivity index (χ2v) is 7.06. The summed E-state index contributed by atoms with van der Waals surface area (Å²) in [5.41, 5.74) is 2.78. The highest BCUT2D eigenvalue weighted by atomic mass is 19.1. The molecule has 4 rings (SSSR count). The number of nitrogens with one attached hydrogen (secondary N) is 1. The average Bonchev–Trinajstić information content (AvgIpc) is 3.14. The summed E-state index contributed by atoms with van der Waals surface area (Å²) in [5, 5.41) is 2.99. The van der Waals surface area contributed by atoms with Gasteiger partial charge in [-0.2, -0.15) is 0 Å². The maximum Gasteiger partial charge on any atom is 0.251 e. The summed E-state index contributed by atoms with van der Waals surface area (Å²) in [6.07, 6.45) is 0. The zero-order chi connectivity index (χ0) is 21.1. The maximum atomic E-state index is 14.3. The molecule has 0 saturated carbocycles. The van der Waals surface area contributed by atoms with E-state index in [0.717, 1.165) is 11.0 Å². The topological polar surface area (TPSA) is 56.1 Å². The number of carbonyl (C=O) groups is 1. The third-order valence-electron chi connectivity index (χ3n) is 5.06. The van der Waals surface area contributed by atoms with Crippen molar-refractivity contribution in [3.63, 3.8) is 0 Å². The standard InChI is InChI=1S/C24H22FN3O2/c1-16(26-24(29)17-11-13-19(30-2)14-12-17)23-27-21-9-5-6-10-22(21)28(23)15-18-7-3-4-8-20(18)25/h3-14,16H,15H2,1-2H3,(H,26,29)/t16-/m0/s1. The van der Waals surface area contributed by atoms with Crippen molar-refractivity contribution in [2.24, 2.45) is 0 Å². The minimum atomic E-state index is -0.376. The number of carbonyl (C=O) groups excluding carboxylic acids is 1. The van der Waals surface area contributed by atoms with Crippen LogP contribution < -0.4 is 10.1 Å². The molecule has 4 aromatic rings. The van der Waals surface area contributed by atoms with Crippen molar-refractivity contribution < 1.29 is 13.9 Å². The second-order valence-electron chi connectivity index (χ2n) is 7.06. The normalized spacial score (nSPS) is 12.0. The lowest BCUT2D eigenvalue weighted by Crippen LogP contribution is -2.28. The Kier molecular flexibility index (Phi) is 5.48. The molecule has 152 valence electrons. The minimum Gasteiger partial charge on any atom is -0.497 e. The quantitative estimate of drug-likeness (QED) is 0.507. The Morgan fingerprint density at radius 1 is 1.07 bits per heavy atom. The SMILES string of the molecule is COc1ccc(C(=O)N[C@@H](C)c2nc3ccccc3n2Cc2ccccc2F)cc1. The summed E-state index contributed by atoms with van der Waals surface area (Å²) in [5.74, 6) is 0.874. The van der Waals surface area contributed by atoms with Crippen molar-refractivity contribution in [1.82, 2.24) is 14.9 Å². The largest absolute Gasteiger partial charge is 0.497 e. The molecule has 30 heavy (non-hydrogen) atoms. The molecule has 0 unspecified atom stereocenters. The zero-order valence-corrected chi connectivity index (χ0v) is 16.8. The zero-order valence-electron chi connectivity index (χ0n) is 16.8. The van der Waals surface area contributed by atoms with Gasteiger partial charge in [-0.1, -0.05) is 30.3 Å². The summed E-state index contributed by atoms with van der Waals surface area (Å²) in [4.78, 5) is 17.4. The van der Waals surface area contributed by atoms with Gasteiger partial charge in [0.05, 0.1) is 30.7 Å². The Balaban J connectivity index is 1.65. The summed E-state index contributed by atoms with van der Waals surface area (Å²) >= 11 is 0. The number of hydrogen-bond acceptors (Lipinski definition) is 3. The van der Waals surface area contributed by atoms with E-state index >= 15 is 0 Å². The van der Waals surface area contributed by atoms with Gasteiger partial charge in [-0.25, -0.2) is 9.37 Å². The molecule has 1 atom stereocenters. The van der Waals surface area contributed by atoms with Crippen molar-refractivity contribution in [2.75, 3.05) is 7.11 Å². The number of hydrogen-bond donors (Lipinski definition) is 1. The molecule has 0 radical (unpaired) electrons. The molecule has 1 amide bonds. The van der Waals surface area contributed by atoms with Crippen molar-refractivity contribution in [3.05, 3.63) is 95.6 Å². The molecule has 1 N–H and O–H groups in total. The van der Waals surface area contributed by atoms with Gasteiger partial charge in [0.1, 0.15) is 17.4 Å². The molecule has 5 nitrogen and oxygen atoms in total. The predicted molar refractivity (Wildman–Crippen MR) is 114 cm³/mol. The lowest BCUT2D eigenvalue weighted by molar-refractivity contribution is 0.0937. The Morgan fingerprint density at radius 2 is 1.77 bits per heavy atom. The highest BCUT2D eigenvalue weighted by Crippen LogP contribution is 2.23. The van der Waals surface area contributed by atoms with Crippen LogP contribution in [0.4, 0.5) is 4.39 Å². The number of amides is 1. The first kappa shape index (κ1) is 19.6. The van der Waals surface area contributed by atoms with Crippen LogP contribution in [0, 0.1) is 5.82 Å². The Bertz CT molecular complexity index is 1180. The van der Waals surface area contributed by atoms with Gasteiger partial charge in [0.2, 0.25) is 0 Å². The fourth-order valence-electron chi connectivity index (χ4n) is 3.47. The van der Waals surface area contributed by atoms with Crippen molar-refractivity contribution in [3.8, 4) is 5.75 Å². The number of methoxy groups -OCH3 is 1. The predicted octanol–water partition coefficient (Wildman–Crippen LogP) is 4.72. The van der Waals surface area contributed by atoms with E-state index in [1.807, 2.05) is 41.8 Å². The fraction of sp³-hybridized carbons (Fsp3) is 0.167. The van der Waals surface area contributed by atoms with Gasteiger partial charge in [-0.3, -0.25) is 4.79 Å². The van der Waals surface area contributed by atoms with Crippen LogP contribution in [0.2, 0.25) is 0 Å². The molecule has 0 bridgehead atoms. The van der Waals surface area contributed by atoms with Gasteiger partial charge in [0, 0.05) is 11.1 Å². The van der Waals surface area contributed by atoms with Crippen LogP contribution in [0.3, 0.4) is 0 Å². The third kappa shape index (κ3) is 3.89. The van der Waals surface area contributed by atoms with Crippen LogP contribution in [-0.4, -0.2) is 22.6 Å². The van der Waals surface area contributed by atoms with E-state index in [-0.39, 0.29) is 17.8 Å². The van der Waals surface area contributed by atoms with Crippen LogP contribution in [0.25, 0.3) is 11.0 Å². The number of benzene rings is 3. The van der Waals surface area contributed by atoms with Gasteiger partial charge in [-0.05, 0) is 49.4 Å². The van der Waals surface area contributed by atoms with E-state index in [9.17, 15) is 9.18 Å². The van der Waals surface area contributed by atoms with Crippen LogP contribution in [0.15, 0.2) is 72.8 Å². The molecule has 0 fully saturated rings. The molecule has 1 heterocycles. The molecular weight excluding hydrogens is 381 g/mol. The Labute approximate surface area is 174 Å². The van der Waals surface area contributed by atoms with Crippen LogP contribution >= 0.6 is 0 Å². The summed E-state index contributed by atoms with van der Waals surface area (Å²) in [7, 11) is 1.58. The van der Waals surface area contributed by atoms with E-state index in [1.54, 1.807) is 43.5 Å². The van der Waals surface area contributed by atoms with E-state index in [4.69, 9.17) is 9.72 Å². The number of imidazole rings is 1. The number of rotatable bonds is 6. The number of fused-ring (bicyclic) bond motifs is 1. The Morgan fingerprint density at radius 3 is 2.50 bits per heavy atom. The van der Waals surface area contributed by atoms with E-state index < -0.39 is 0 Å². The lowest BCUT2D eigenvalue weighted by atomic mass is 10.1. The molecule has 6 heteroatoms. The summed E-state index contributed by atoms with van der Waals surface area (Å²) in [6.45, 7) is 2.20. The third-order valence-corrected chi connectivity index (χ3v) is 5.06. The number of para-hydroxylation sites is 2. The molecule has 1 aromatic heterocycles. The molecule has 0 aliphatic rings. The van der Waals surface area contributed by atoms with Crippen molar-refractivity contribution >= 4 is 16.9 Å². The highest BCUT2D eigenvalue weighted by Gasteiger charge is 2.20. The van der Waals surface area contributed by atoms with Gasteiger partial charge >= 0.3 is 0 Å². The molecule has 0 aliphatic carbocycles. The molecular formula is C24H22FN3O2. The maximum absolute atomic E-state index is 14.3. The van der Waals surface area contributed by atoms with Gasteiger partial charge in [0.15, 0.2) is 0 Å². The first-order valence-corrected chi connectivity index (χ1v) is 9.70. The lowest BCUT2D eigenvalue weighted by Gasteiger charge is -2.17. The second kappa shape index (κ2) is 8.37. The number of aromatic nitrogens is 2. The molecule has 0 spiro atoms. The molecule has 0 aliphatic heterocycles. The highest BCUT2D eigenvalue weighted by molar-refractivity contribution is 5.94. The fourth-order valence-corrected chi connectivity index (χ4v) is 3.47. The Hall–Kier alpha value is -3.67. The van der Waals surface area contributed by atoms with Crippen molar-refractivity contribution in [1.29, 1.82) is 0 Å². The molecule has 3 aromatic carbocycles. The van der Waals surface area contributed by atoms with Gasteiger partial charge in [-0.15, -0.1) is 0 Å². The number of ether oxygens (including phenoxy) is 1. The first-order valence-electron chi connectivity index (χ1n) is 9.70. The average molecular weight is 403 g/mol. The van der Waals surface area contributed by atoms with Gasteiger partial charge < -0.3 is 14.6 Å². The molecule has 0 saturated heterocycles. The smallest absolute Gasteiger partial charge is 0.251 e. The summed E-state index contributed by atoms with van der Waals surface area (Å²) < 4.78 is 21.4.